The van der Waals surface area contributed by atoms with Gasteiger partial charge >= 0.3 is 0 Å². The van der Waals surface area contributed by atoms with Crippen molar-refractivity contribution < 1.29 is 17.9 Å². The number of amides is 1. The first-order valence-electron chi connectivity index (χ1n) is 7.41. The number of hydrogen-bond donors (Lipinski definition) is 1. The van der Waals surface area contributed by atoms with Gasteiger partial charge in [-0.2, -0.15) is 0 Å². The fraction of sp³-hybridized carbons (Fsp3) is 0.235. The molecule has 0 saturated carbocycles. The van der Waals surface area contributed by atoms with Crippen molar-refractivity contribution in [3.8, 4) is 5.75 Å². The second-order valence-corrected chi connectivity index (χ2v) is 7.45. The molecular formula is C17H18N2O4S. The Hall–Kier alpha value is -2.54. The molecule has 2 aromatic carbocycles. The molecule has 2 aromatic rings. The summed E-state index contributed by atoms with van der Waals surface area (Å²) >= 11 is 0. The van der Waals surface area contributed by atoms with Gasteiger partial charge in [0.15, 0.2) is 6.61 Å². The number of likely N-dealkylation sites (N-methyl/N-ethyl adjacent to an activating group) is 1. The molecule has 0 spiro atoms. The van der Waals surface area contributed by atoms with Crippen molar-refractivity contribution in [2.24, 2.45) is 0 Å². The molecule has 126 valence electrons. The van der Waals surface area contributed by atoms with Crippen LogP contribution in [0.15, 0.2) is 41.3 Å². The Morgan fingerprint density at radius 3 is 2.62 bits per heavy atom. The summed E-state index contributed by atoms with van der Waals surface area (Å²) in [4.78, 5) is 13.4. The Morgan fingerprint density at radius 2 is 1.88 bits per heavy atom. The number of sulfonamides is 1. The maximum atomic E-state index is 12.7. The SMILES string of the molecule is Cc1ccc(C)c(S(=O)(=O)Nc2ccc3c(c2)N(C)C(=O)CO3)c1. The lowest BCUT2D eigenvalue weighted by molar-refractivity contribution is -0.120. The van der Waals surface area contributed by atoms with Crippen LogP contribution in [-0.2, 0) is 14.8 Å². The first kappa shape index (κ1) is 16.3. The number of nitrogens with one attached hydrogen (secondary N) is 1. The molecule has 6 nitrogen and oxygen atoms in total. The van der Waals surface area contributed by atoms with Crippen molar-refractivity contribution in [2.75, 3.05) is 23.3 Å². The van der Waals surface area contributed by atoms with Crippen molar-refractivity contribution in [2.45, 2.75) is 18.7 Å². The zero-order chi connectivity index (χ0) is 17.5. The largest absolute Gasteiger partial charge is 0.482 e. The molecule has 0 unspecified atom stereocenters. The quantitative estimate of drug-likeness (QED) is 0.926. The zero-order valence-electron chi connectivity index (χ0n) is 13.7. The van der Waals surface area contributed by atoms with Gasteiger partial charge in [-0.3, -0.25) is 9.52 Å². The number of anilines is 2. The average molecular weight is 346 g/mol. The van der Waals surface area contributed by atoms with E-state index in [1.165, 1.54) is 4.90 Å². The molecule has 1 aliphatic heterocycles. The van der Waals surface area contributed by atoms with Crippen LogP contribution in [0, 0.1) is 13.8 Å². The van der Waals surface area contributed by atoms with Crippen LogP contribution in [0.3, 0.4) is 0 Å². The molecule has 0 saturated heterocycles. The minimum Gasteiger partial charge on any atom is -0.482 e. The van der Waals surface area contributed by atoms with Crippen LogP contribution >= 0.6 is 0 Å². The van der Waals surface area contributed by atoms with Crippen molar-refractivity contribution >= 4 is 27.3 Å². The van der Waals surface area contributed by atoms with Crippen LogP contribution in [0.1, 0.15) is 11.1 Å². The monoisotopic (exact) mass is 346 g/mol. The summed E-state index contributed by atoms with van der Waals surface area (Å²) in [6.07, 6.45) is 0. The molecule has 1 aliphatic rings. The number of carbonyl (C=O) groups is 1. The van der Waals surface area contributed by atoms with Crippen molar-refractivity contribution in [3.63, 3.8) is 0 Å². The molecule has 0 fully saturated rings. The first-order valence-corrected chi connectivity index (χ1v) is 8.90. The predicted octanol–water partition coefficient (Wildman–Crippen LogP) is 2.46. The van der Waals surface area contributed by atoms with E-state index in [-0.39, 0.29) is 17.4 Å². The molecule has 3 rings (SSSR count). The normalized spacial score (nSPS) is 14.1. The summed E-state index contributed by atoms with van der Waals surface area (Å²) in [6.45, 7) is 3.58. The van der Waals surface area contributed by atoms with E-state index in [0.29, 0.717) is 22.7 Å². The van der Waals surface area contributed by atoms with Gasteiger partial charge in [-0.1, -0.05) is 12.1 Å². The minimum atomic E-state index is -3.72. The highest BCUT2D eigenvalue weighted by Crippen LogP contribution is 2.34. The first-order chi connectivity index (χ1) is 11.3. The van der Waals surface area contributed by atoms with Crippen LogP contribution in [0.25, 0.3) is 0 Å². The zero-order valence-corrected chi connectivity index (χ0v) is 14.5. The highest BCUT2D eigenvalue weighted by molar-refractivity contribution is 7.92. The number of rotatable bonds is 3. The number of benzene rings is 2. The number of aryl methyl sites for hydroxylation is 2. The van der Waals surface area contributed by atoms with Crippen molar-refractivity contribution in [3.05, 3.63) is 47.5 Å². The third-order valence-electron chi connectivity index (χ3n) is 3.93. The van der Waals surface area contributed by atoms with E-state index in [9.17, 15) is 13.2 Å². The number of hydrogen-bond acceptors (Lipinski definition) is 4. The number of fused-ring (bicyclic) bond motifs is 1. The molecule has 0 atom stereocenters. The third kappa shape index (κ3) is 2.94. The summed E-state index contributed by atoms with van der Waals surface area (Å²) < 4.78 is 33.2. The van der Waals surface area contributed by atoms with Crippen LogP contribution in [0.4, 0.5) is 11.4 Å². The molecule has 24 heavy (non-hydrogen) atoms. The Balaban J connectivity index is 1.96. The Labute approximate surface area is 141 Å². The van der Waals surface area contributed by atoms with Gasteiger partial charge in [0.25, 0.3) is 15.9 Å². The van der Waals surface area contributed by atoms with E-state index in [0.717, 1.165) is 5.56 Å². The third-order valence-corrected chi connectivity index (χ3v) is 5.45. The van der Waals surface area contributed by atoms with Gasteiger partial charge in [0.05, 0.1) is 16.3 Å². The van der Waals surface area contributed by atoms with Gasteiger partial charge in [-0.15, -0.1) is 0 Å². The summed E-state index contributed by atoms with van der Waals surface area (Å²) in [7, 11) is -2.09. The topological polar surface area (TPSA) is 75.7 Å². The maximum Gasteiger partial charge on any atom is 0.264 e. The van der Waals surface area contributed by atoms with Gasteiger partial charge in [-0.05, 0) is 49.2 Å². The lowest BCUT2D eigenvalue weighted by Gasteiger charge is -2.26. The fourth-order valence-electron chi connectivity index (χ4n) is 2.54. The Morgan fingerprint density at radius 1 is 1.12 bits per heavy atom. The van der Waals surface area contributed by atoms with E-state index >= 15 is 0 Å². The highest BCUT2D eigenvalue weighted by Gasteiger charge is 2.24. The molecule has 1 heterocycles. The van der Waals surface area contributed by atoms with E-state index in [4.69, 9.17) is 4.74 Å². The van der Waals surface area contributed by atoms with Crippen molar-refractivity contribution in [1.29, 1.82) is 0 Å². The molecule has 1 amide bonds. The van der Waals surface area contributed by atoms with Gasteiger partial charge in [0.1, 0.15) is 5.75 Å². The molecule has 0 aromatic heterocycles. The van der Waals surface area contributed by atoms with Crippen LogP contribution in [0.2, 0.25) is 0 Å². The lowest BCUT2D eigenvalue weighted by Crippen LogP contribution is -2.35. The number of carbonyl (C=O) groups excluding carboxylic acids is 1. The fourth-order valence-corrected chi connectivity index (χ4v) is 3.92. The van der Waals surface area contributed by atoms with Gasteiger partial charge in [0.2, 0.25) is 0 Å². The molecular weight excluding hydrogens is 328 g/mol. The summed E-state index contributed by atoms with van der Waals surface area (Å²) in [5.41, 5.74) is 2.44. The van der Waals surface area contributed by atoms with Gasteiger partial charge in [-0.25, -0.2) is 8.42 Å². The molecule has 0 aliphatic carbocycles. The van der Waals surface area contributed by atoms with E-state index < -0.39 is 10.0 Å². The highest BCUT2D eigenvalue weighted by atomic mass is 32.2. The molecule has 0 bridgehead atoms. The minimum absolute atomic E-state index is 0.0168. The standard InChI is InChI=1S/C17H18N2O4S/c1-11-4-5-12(2)16(8-11)24(21,22)18-13-6-7-15-14(9-13)19(3)17(20)10-23-15/h4-9,18H,10H2,1-3H3. The van der Waals surface area contributed by atoms with Gasteiger partial charge in [0, 0.05) is 7.05 Å². The van der Waals surface area contributed by atoms with E-state index in [1.807, 2.05) is 13.0 Å². The maximum absolute atomic E-state index is 12.7. The summed E-state index contributed by atoms with van der Waals surface area (Å²) in [6, 6.07) is 10.1. The van der Waals surface area contributed by atoms with E-state index in [1.54, 1.807) is 44.3 Å². The summed E-state index contributed by atoms with van der Waals surface area (Å²) in [5, 5.41) is 0. The van der Waals surface area contributed by atoms with Crippen LogP contribution in [-0.4, -0.2) is 28.0 Å². The second kappa shape index (κ2) is 5.83. The Bertz CT molecular complexity index is 922. The van der Waals surface area contributed by atoms with Gasteiger partial charge < -0.3 is 9.64 Å². The van der Waals surface area contributed by atoms with Crippen LogP contribution < -0.4 is 14.4 Å². The smallest absolute Gasteiger partial charge is 0.264 e. The lowest BCUT2D eigenvalue weighted by atomic mass is 10.2. The van der Waals surface area contributed by atoms with Crippen LogP contribution in [0.5, 0.6) is 5.75 Å². The predicted molar refractivity (Wildman–Crippen MR) is 92.1 cm³/mol. The van der Waals surface area contributed by atoms with E-state index in [2.05, 4.69) is 4.72 Å². The molecule has 1 N–H and O–H groups in total. The Kier molecular flexibility index (Phi) is 3.96. The number of nitrogens with zero attached hydrogens (tertiary/aromatic N) is 1. The average Bonchev–Trinajstić information content (AvgIpc) is 2.53. The second-order valence-electron chi connectivity index (χ2n) is 5.80. The molecule has 0 radical (unpaired) electrons. The molecule has 7 heteroatoms. The van der Waals surface area contributed by atoms with Crippen molar-refractivity contribution in [1.82, 2.24) is 0 Å². The number of ether oxygens (including phenoxy) is 1. The summed E-state index contributed by atoms with van der Waals surface area (Å²) in [5.74, 6) is 0.365.